The first-order chi connectivity index (χ1) is 13.7. The molecule has 29 heavy (non-hydrogen) atoms. The number of alkyl halides is 3. The second-order valence-corrected chi connectivity index (χ2v) is 7.17. The van der Waals surface area contributed by atoms with Gasteiger partial charge in [0.2, 0.25) is 11.8 Å². The summed E-state index contributed by atoms with van der Waals surface area (Å²) < 4.78 is 43.4. The van der Waals surface area contributed by atoms with Gasteiger partial charge in [0.15, 0.2) is 0 Å². The summed E-state index contributed by atoms with van der Waals surface area (Å²) in [7, 11) is 1.54. The van der Waals surface area contributed by atoms with Gasteiger partial charge in [0.1, 0.15) is 5.75 Å². The highest BCUT2D eigenvalue weighted by Crippen LogP contribution is 2.30. The maximum Gasteiger partial charge on any atom is 0.416 e. The van der Waals surface area contributed by atoms with Gasteiger partial charge >= 0.3 is 6.18 Å². The van der Waals surface area contributed by atoms with E-state index in [1.54, 1.807) is 38.3 Å². The van der Waals surface area contributed by atoms with Crippen LogP contribution in [0.2, 0.25) is 0 Å². The molecule has 0 fully saturated rings. The van der Waals surface area contributed by atoms with E-state index in [-0.39, 0.29) is 23.3 Å². The highest BCUT2D eigenvalue weighted by atomic mass is 32.2. The van der Waals surface area contributed by atoms with Crippen molar-refractivity contribution in [2.24, 2.45) is 0 Å². The third-order valence-corrected chi connectivity index (χ3v) is 4.86. The molecule has 2 N–H and O–H groups in total. The molecular weight excluding hydrogens is 405 g/mol. The molecule has 5 nitrogen and oxygen atoms in total. The zero-order valence-corrected chi connectivity index (χ0v) is 16.7. The van der Waals surface area contributed by atoms with Crippen molar-refractivity contribution in [2.45, 2.75) is 19.1 Å². The third kappa shape index (κ3) is 7.34. The van der Waals surface area contributed by atoms with E-state index in [9.17, 15) is 22.8 Å². The van der Waals surface area contributed by atoms with Crippen molar-refractivity contribution in [3.63, 3.8) is 0 Å². The molecule has 0 bridgehead atoms. The number of hydrogen-bond acceptors (Lipinski definition) is 4. The molecule has 0 saturated carbocycles. The number of anilines is 1. The second-order valence-electron chi connectivity index (χ2n) is 6.18. The zero-order chi connectivity index (χ0) is 21.4. The summed E-state index contributed by atoms with van der Waals surface area (Å²) in [6.07, 6.45) is -4.44. The van der Waals surface area contributed by atoms with Crippen molar-refractivity contribution in [3.8, 4) is 5.75 Å². The first-order valence-corrected chi connectivity index (χ1v) is 9.82. The number of benzene rings is 2. The van der Waals surface area contributed by atoms with E-state index in [0.29, 0.717) is 17.0 Å². The summed E-state index contributed by atoms with van der Waals surface area (Å²) in [6.45, 7) is 1.61. The summed E-state index contributed by atoms with van der Waals surface area (Å²) in [6, 6.07) is 11.1. The number of carbonyl (C=O) groups is 2. The number of halogens is 3. The quantitative estimate of drug-likeness (QED) is 0.662. The molecule has 0 aromatic heterocycles. The van der Waals surface area contributed by atoms with Crippen molar-refractivity contribution in [2.75, 3.05) is 23.9 Å². The molecule has 2 aromatic rings. The van der Waals surface area contributed by atoms with Crippen LogP contribution in [0.25, 0.3) is 0 Å². The number of thioether (sulfide) groups is 1. The minimum absolute atomic E-state index is 0.0132. The number of ether oxygens (including phenoxy) is 1. The number of methoxy groups -OCH3 is 1. The largest absolute Gasteiger partial charge is 0.497 e. The Morgan fingerprint density at radius 3 is 2.34 bits per heavy atom. The molecule has 0 aliphatic rings. The van der Waals surface area contributed by atoms with E-state index in [1.165, 1.54) is 12.1 Å². The van der Waals surface area contributed by atoms with Gasteiger partial charge in [-0.15, -0.1) is 11.8 Å². The topological polar surface area (TPSA) is 67.4 Å². The molecule has 0 saturated heterocycles. The fourth-order valence-electron chi connectivity index (χ4n) is 2.46. The van der Waals surface area contributed by atoms with Crippen LogP contribution in [-0.2, 0) is 15.8 Å². The Morgan fingerprint density at radius 2 is 1.72 bits per heavy atom. The van der Waals surface area contributed by atoms with E-state index in [0.717, 1.165) is 23.9 Å². The molecule has 2 aromatic carbocycles. The number of rotatable bonds is 8. The van der Waals surface area contributed by atoms with E-state index in [4.69, 9.17) is 4.74 Å². The van der Waals surface area contributed by atoms with Gasteiger partial charge in [-0.2, -0.15) is 13.2 Å². The summed E-state index contributed by atoms with van der Waals surface area (Å²) in [5, 5.41) is 5.34. The smallest absolute Gasteiger partial charge is 0.416 e. The standard InChI is InChI=1S/C20H21F3N2O3S/c1-13(14-4-3-5-15(10-14)20(21,22)23)24-18(26)11-29-12-19(27)25-16-6-8-17(28-2)9-7-16/h3-10,13H,11-12H2,1-2H3,(H,24,26)(H,25,27). The van der Waals surface area contributed by atoms with E-state index < -0.39 is 17.8 Å². The van der Waals surface area contributed by atoms with Gasteiger partial charge in [-0.1, -0.05) is 12.1 Å². The van der Waals surface area contributed by atoms with Crippen molar-refractivity contribution < 1.29 is 27.5 Å². The van der Waals surface area contributed by atoms with Gasteiger partial charge in [0.05, 0.1) is 30.2 Å². The van der Waals surface area contributed by atoms with Crippen molar-refractivity contribution >= 4 is 29.3 Å². The Morgan fingerprint density at radius 1 is 1.07 bits per heavy atom. The Kier molecular flexibility index (Phi) is 7.95. The highest BCUT2D eigenvalue weighted by Gasteiger charge is 2.30. The number of nitrogens with one attached hydrogen (secondary N) is 2. The lowest BCUT2D eigenvalue weighted by Gasteiger charge is -2.16. The molecule has 1 atom stereocenters. The van der Waals surface area contributed by atoms with Gasteiger partial charge in [0, 0.05) is 5.69 Å². The first-order valence-electron chi connectivity index (χ1n) is 8.67. The summed E-state index contributed by atoms with van der Waals surface area (Å²) in [5.41, 5.74) is 0.204. The number of hydrogen-bond donors (Lipinski definition) is 2. The van der Waals surface area contributed by atoms with Crippen LogP contribution in [0.15, 0.2) is 48.5 Å². The van der Waals surface area contributed by atoms with Crippen LogP contribution in [0.3, 0.4) is 0 Å². The molecule has 0 aliphatic carbocycles. The molecule has 156 valence electrons. The maximum atomic E-state index is 12.8. The number of amides is 2. The molecule has 0 spiro atoms. The fourth-order valence-corrected chi connectivity index (χ4v) is 3.09. The van der Waals surface area contributed by atoms with E-state index in [1.807, 2.05) is 0 Å². The average molecular weight is 426 g/mol. The minimum Gasteiger partial charge on any atom is -0.497 e. The van der Waals surface area contributed by atoms with Crippen molar-refractivity contribution in [3.05, 3.63) is 59.7 Å². The van der Waals surface area contributed by atoms with E-state index >= 15 is 0 Å². The lowest BCUT2D eigenvalue weighted by Crippen LogP contribution is -2.29. The predicted octanol–water partition coefficient (Wildman–Crippen LogP) is 4.26. The average Bonchev–Trinajstić information content (AvgIpc) is 2.68. The molecule has 2 rings (SSSR count). The SMILES string of the molecule is COc1ccc(NC(=O)CSCC(=O)NC(C)c2cccc(C(F)(F)F)c2)cc1. The van der Waals surface area contributed by atoms with Crippen molar-refractivity contribution in [1.82, 2.24) is 5.32 Å². The Bertz CT molecular complexity index is 842. The molecule has 9 heteroatoms. The van der Waals surface area contributed by atoms with Crippen molar-refractivity contribution in [1.29, 1.82) is 0 Å². The second kappa shape index (κ2) is 10.2. The van der Waals surface area contributed by atoms with Crippen LogP contribution in [0.1, 0.15) is 24.1 Å². The number of carbonyl (C=O) groups excluding carboxylic acids is 2. The fraction of sp³-hybridized carbons (Fsp3) is 0.300. The molecule has 0 radical (unpaired) electrons. The molecule has 0 aliphatic heterocycles. The van der Waals surface area contributed by atoms with Gasteiger partial charge < -0.3 is 15.4 Å². The summed E-state index contributed by atoms with van der Waals surface area (Å²) in [4.78, 5) is 23.9. The van der Waals surface area contributed by atoms with Crippen LogP contribution in [-0.4, -0.2) is 30.4 Å². The van der Waals surface area contributed by atoms with E-state index in [2.05, 4.69) is 10.6 Å². The summed E-state index contributed by atoms with van der Waals surface area (Å²) in [5.74, 6) is 0.122. The Balaban J connectivity index is 1.77. The van der Waals surface area contributed by atoms with Crippen LogP contribution < -0.4 is 15.4 Å². The molecule has 0 heterocycles. The monoisotopic (exact) mass is 426 g/mol. The lowest BCUT2D eigenvalue weighted by atomic mass is 10.0. The Labute approximate surface area is 171 Å². The van der Waals surface area contributed by atoms with Crippen LogP contribution >= 0.6 is 11.8 Å². The van der Waals surface area contributed by atoms with Crippen LogP contribution in [0, 0.1) is 0 Å². The molecule has 2 amide bonds. The van der Waals surface area contributed by atoms with Gasteiger partial charge in [-0.25, -0.2) is 0 Å². The van der Waals surface area contributed by atoms with Crippen LogP contribution in [0.4, 0.5) is 18.9 Å². The lowest BCUT2D eigenvalue weighted by molar-refractivity contribution is -0.137. The molecule has 1 unspecified atom stereocenters. The predicted molar refractivity (Wildman–Crippen MR) is 107 cm³/mol. The summed E-state index contributed by atoms with van der Waals surface area (Å²) >= 11 is 1.11. The third-order valence-electron chi connectivity index (χ3n) is 3.93. The zero-order valence-electron chi connectivity index (χ0n) is 15.9. The van der Waals surface area contributed by atoms with Crippen LogP contribution in [0.5, 0.6) is 5.75 Å². The van der Waals surface area contributed by atoms with Gasteiger partial charge in [-0.3, -0.25) is 9.59 Å². The van der Waals surface area contributed by atoms with Gasteiger partial charge in [0.25, 0.3) is 0 Å². The maximum absolute atomic E-state index is 12.8. The Hall–Kier alpha value is -2.68. The normalized spacial score (nSPS) is 12.2. The molecular formula is C20H21F3N2O3S. The van der Waals surface area contributed by atoms with Gasteiger partial charge in [-0.05, 0) is 48.9 Å². The minimum atomic E-state index is -4.44. The first kappa shape index (κ1) is 22.6. The highest BCUT2D eigenvalue weighted by molar-refractivity contribution is 8.00.